The van der Waals surface area contributed by atoms with Gasteiger partial charge in [0.05, 0.1) is 7.11 Å². The summed E-state index contributed by atoms with van der Waals surface area (Å²) in [6.07, 6.45) is 3.92. The molecule has 2 unspecified atom stereocenters. The van der Waals surface area contributed by atoms with E-state index in [9.17, 15) is 9.90 Å². The Kier molecular flexibility index (Phi) is 4.99. The zero-order chi connectivity index (χ0) is 18.8. The first-order valence-corrected chi connectivity index (χ1v) is 9.44. The second-order valence-corrected chi connectivity index (χ2v) is 7.46. The molecule has 5 rings (SSSR count). The second-order valence-electron chi connectivity index (χ2n) is 7.46. The Balaban J connectivity index is 1.48. The van der Waals surface area contributed by atoms with E-state index < -0.39 is 0 Å². The first-order valence-electron chi connectivity index (χ1n) is 9.44. The molecular weight excluding hydrogens is 342 g/mol. The average Bonchev–Trinajstić information content (AvgIpc) is 3.00. The maximum Gasteiger partial charge on any atom is 0.272 e. The van der Waals surface area contributed by atoms with Gasteiger partial charge in [-0.05, 0) is 48.6 Å². The lowest BCUT2D eigenvalue weighted by Crippen LogP contribution is -2.44. The first-order chi connectivity index (χ1) is 13.1. The molecule has 27 heavy (non-hydrogen) atoms. The summed E-state index contributed by atoms with van der Waals surface area (Å²) in [5, 5.41) is 10.0. The number of nitrogens with zero attached hydrogens (tertiary/aromatic N) is 3. The molecule has 3 fully saturated rings. The maximum atomic E-state index is 12.8. The number of hydrogen-bond acceptors (Lipinski definition) is 5. The van der Waals surface area contributed by atoms with Crippen LogP contribution >= 0.6 is 0 Å². The molecule has 3 saturated heterocycles. The summed E-state index contributed by atoms with van der Waals surface area (Å²) in [7, 11) is 1.55. The number of aromatic nitrogens is 1. The Labute approximate surface area is 159 Å². The van der Waals surface area contributed by atoms with Gasteiger partial charge in [-0.25, -0.2) is 0 Å². The average molecular weight is 367 g/mol. The molecule has 0 spiro atoms. The predicted molar refractivity (Wildman–Crippen MR) is 102 cm³/mol. The molecule has 4 heterocycles. The van der Waals surface area contributed by atoms with Crippen LogP contribution < -0.4 is 4.74 Å². The summed E-state index contributed by atoms with van der Waals surface area (Å²) in [5.74, 6) is 1.16. The van der Waals surface area contributed by atoms with Gasteiger partial charge in [0.2, 0.25) is 0 Å². The van der Waals surface area contributed by atoms with Crippen molar-refractivity contribution in [1.29, 1.82) is 0 Å². The molecule has 3 aliphatic heterocycles. The Morgan fingerprint density at radius 1 is 1.22 bits per heavy atom. The van der Waals surface area contributed by atoms with E-state index in [-0.39, 0.29) is 11.7 Å². The lowest BCUT2D eigenvalue weighted by Gasteiger charge is -2.36. The molecule has 3 aliphatic rings. The fraction of sp³-hybridized carbons (Fsp3) is 0.429. The van der Waals surface area contributed by atoms with Gasteiger partial charge in [-0.15, -0.1) is 0 Å². The molecule has 2 atom stereocenters. The van der Waals surface area contributed by atoms with Crippen molar-refractivity contribution in [2.75, 3.05) is 26.7 Å². The fourth-order valence-electron chi connectivity index (χ4n) is 4.26. The number of piperidine rings is 1. The van der Waals surface area contributed by atoms with Gasteiger partial charge in [0.1, 0.15) is 5.69 Å². The summed E-state index contributed by atoms with van der Waals surface area (Å²) in [4.78, 5) is 21.5. The molecule has 6 heteroatoms. The minimum absolute atomic E-state index is 0.0245. The van der Waals surface area contributed by atoms with Crippen LogP contribution in [-0.2, 0) is 6.54 Å². The van der Waals surface area contributed by atoms with Crippen LogP contribution in [0.5, 0.6) is 11.5 Å². The highest BCUT2D eigenvalue weighted by atomic mass is 16.5. The number of carbonyl (C=O) groups is 1. The number of fused-ring (bicyclic) bond motifs is 4. The SMILES string of the molecule is COc1ccc(CN2CC3CCC2CN(C(=O)c2ccccn2)C3)cc1O. The number of aromatic hydroxyl groups is 1. The normalized spacial score (nSPS) is 22.5. The zero-order valence-electron chi connectivity index (χ0n) is 15.5. The first kappa shape index (κ1) is 17.8. The van der Waals surface area contributed by atoms with Gasteiger partial charge in [-0.2, -0.15) is 0 Å². The van der Waals surface area contributed by atoms with Gasteiger partial charge >= 0.3 is 0 Å². The van der Waals surface area contributed by atoms with Crippen molar-refractivity contribution >= 4 is 5.91 Å². The molecule has 2 aromatic rings. The van der Waals surface area contributed by atoms with E-state index in [0.29, 0.717) is 23.4 Å². The number of methoxy groups -OCH3 is 1. The van der Waals surface area contributed by atoms with Gasteiger partial charge in [0.15, 0.2) is 11.5 Å². The summed E-state index contributed by atoms with van der Waals surface area (Å²) >= 11 is 0. The van der Waals surface area contributed by atoms with Crippen LogP contribution in [0.25, 0.3) is 0 Å². The molecule has 142 valence electrons. The van der Waals surface area contributed by atoms with E-state index in [0.717, 1.165) is 44.6 Å². The molecule has 0 aliphatic carbocycles. The molecule has 1 aromatic carbocycles. The zero-order valence-corrected chi connectivity index (χ0v) is 15.5. The lowest BCUT2D eigenvalue weighted by molar-refractivity contribution is 0.0730. The molecular formula is C21H25N3O3. The van der Waals surface area contributed by atoms with Crippen LogP contribution in [-0.4, -0.2) is 58.6 Å². The van der Waals surface area contributed by atoms with Crippen molar-refractivity contribution in [2.45, 2.75) is 25.4 Å². The highest BCUT2D eigenvalue weighted by molar-refractivity contribution is 5.92. The third-order valence-electron chi connectivity index (χ3n) is 5.63. The van der Waals surface area contributed by atoms with Crippen molar-refractivity contribution in [2.24, 2.45) is 5.92 Å². The van der Waals surface area contributed by atoms with Crippen LogP contribution in [0.3, 0.4) is 0 Å². The topological polar surface area (TPSA) is 65.9 Å². The molecule has 1 N–H and O–H groups in total. The standard InChI is InChI=1S/C21H25N3O3/c1-27-20-8-6-15(10-19(20)25)11-23-12-16-5-7-17(23)14-24(13-16)21(26)18-4-2-3-9-22-18/h2-4,6,8-10,16-17,25H,5,7,11-14H2,1H3. The molecule has 6 nitrogen and oxygen atoms in total. The van der Waals surface area contributed by atoms with Crippen molar-refractivity contribution in [1.82, 2.24) is 14.8 Å². The van der Waals surface area contributed by atoms with Gasteiger partial charge in [0, 0.05) is 38.4 Å². The van der Waals surface area contributed by atoms with Crippen molar-refractivity contribution in [3.8, 4) is 11.5 Å². The Bertz CT molecular complexity index is 812. The summed E-state index contributed by atoms with van der Waals surface area (Å²) < 4.78 is 5.13. The molecule has 1 amide bonds. The van der Waals surface area contributed by atoms with E-state index in [2.05, 4.69) is 9.88 Å². The van der Waals surface area contributed by atoms with Gasteiger partial charge in [-0.3, -0.25) is 14.7 Å². The predicted octanol–water partition coefficient (Wildman–Crippen LogP) is 2.53. The minimum atomic E-state index is 0.0245. The fourth-order valence-corrected chi connectivity index (χ4v) is 4.26. The summed E-state index contributed by atoms with van der Waals surface area (Å²) in [6.45, 7) is 3.26. The quantitative estimate of drug-likeness (QED) is 0.900. The molecule has 0 radical (unpaired) electrons. The summed E-state index contributed by atoms with van der Waals surface area (Å²) in [6, 6.07) is 11.4. The van der Waals surface area contributed by atoms with E-state index >= 15 is 0 Å². The van der Waals surface area contributed by atoms with Crippen molar-refractivity contribution in [3.63, 3.8) is 0 Å². The summed E-state index contributed by atoms with van der Waals surface area (Å²) in [5.41, 5.74) is 1.58. The number of carbonyl (C=O) groups excluding carboxylic acids is 1. The van der Waals surface area contributed by atoms with Gasteiger partial charge in [-0.1, -0.05) is 12.1 Å². The number of rotatable bonds is 4. The van der Waals surface area contributed by atoms with Crippen LogP contribution in [0.4, 0.5) is 0 Å². The Morgan fingerprint density at radius 3 is 2.85 bits per heavy atom. The lowest BCUT2D eigenvalue weighted by atomic mass is 9.94. The monoisotopic (exact) mass is 367 g/mol. The van der Waals surface area contributed by atoms with E-state index in [1.54, 1.807) is 31.5 Å². The van der Waals surface area contributed by atoms with Crippen molar-refractivity contribution in [3.05, 3.63) is 53.9 Å². The van der Waals surface area contributed by atoms with Gasteiger partial charge in [0.25, 0.3) is 5.91 Å². The second kappa shape index (κ2) is 7.56. The molecule has 0 saturated carbocycles. The number of benzene rings is 1. The highest BCUT2D eigenvalue weighted by Gasteiger charge is 2.36. The number of phenolic OH excluding ortho intramolecular Hbond substituents is 1. The largest absolute Gasteiger partial charge is 0.504 e. The van der Waals surface area contributed by atoms with E-state index in [4.69, 9.17) is 4.74 Å². The third kappa shape index (κ3) is 3.76. The van der Waals surface area contributed by atoms with Crippen LogP contribution in [0.1, 0.15) is 28.9 Å². The maximum absolute atomic E-state index is 12.8. The number of ether oxygens (including phenoxy) is 1. The Morgan fingerprint density at radius 2 is 2.11 bits per heavy atom. The van der Waals surface area contributed by atoms with Crippen LogP contribution in [0.2, 0.25) is 0 Å². The van der Waals surface area contributed by atoms with E-state index in [1.807, 2.05) is 23.1 Å². The van der Waals surface area contributed by atoms with Crippen LogP contribution in [0, 0.1) is 5.92 Å². The Hall–Kier alpha value is -2.60. The minimum Gasteiger partial charge on any atom is -0.504 e. The number of pyridine rings is 1. The molecule has 1 aromatic heterocycles. The number of amides is 1. The smallest absolute Gasteiger partial charge is 0.272 e. The highest BCUT2D eigenvalue weighted by Crippen LogP contribution is 2.32. The molecule has 2 bridgehead atoms. The number of hydrogen-bond donors (Lipinski definition) is 1. The third-order valence-corrected chi connectivity index (χ3v) is 5.63. The number of phenols is 1. The van der Waals surface area contributed by atoms with E-state index in [1.165, 1.54) is 0 Å². The van der Waals surface area contributed by atoms with Gasteiger partial charge < -0.3 is 14.7 Å². The van der Waals surface area contributed by atoms with Crippen LogP contribution in [0.15, 0.2) is 42.6 Å². The van der Waals surface area contributed by atoms with Crippen molar-refractivity contribution < 1.29 is 14.6 Å².